The highest BCUT2D eigenvalue weighted by atomic mass is 19.1. The van der Waals surface area contributed by atoms with Gasteiger partial charge in [-0.15, -0.1) is 0 Å². The number of aryl methyl sites for hydroxylation is 1. The van der Waals surface area contributed by atoms with Gasteiger partial charge in [0.15, 0.2) is 0 Å². The van der Waals surface area contributed by atoms with Crippen molar-refractivity contribution in [3.05, 3.63) is 70.5 Å². The Kier molecular flexibility index (Phi) is 3.34. The standard InChI is InChI=1S/C17H18FN/c1-12-8-16(18)7-6-13(12)9-15-11-19-10-14-4-2-3-5-17(14)15/h2-8,15,19H,9-11H2,1H3. The molecule has 98 valence electrons. The lowest BCUT2D eigenvalue weighted by Gasteiger charge is -2.27. The fourth-order valence-electron chi connectivity index (χ4n) is 2.92. The Labute approximate surface area is 113 Å². The third-order valence-electron chi connectivity index (χ3n) is 3.97. The monoisotopic (exact) mass is 255 g/mol. The van der Waals surface area contributed by atoms with Crippen LogP contribution in [0.3, 0.4) is 0 Å². The van der Waals surface area contributed by atoms with Crippen molar-refractivity contribution in [2.45, 2.75) is 25.8 Å². The van der Waals surface area contributed by atoms with Crippen molar-refractivity contribution in [3.63, 3.8) is 0 Å². The highest BCUT2D eigenvalue weighted by Crippen LogP contribution is 2.28. The van der Waals surface area contributed by atoms with E-state index in [0.717, 1.165) is 25.1 Å². The molecule has 0 aromatic heterocycles. The van der Waals surface area contributed by atoms with Gasteiger partial charge in [0.25, 0.3) is 0 Å². The first kappa shape index (κ1) is 12.4. The molecule has 0 amide bonds. The fourth-order valence-corrected chi connectivity index (χ4v) is 2.92. The summed E-state index contributed by atoms with van der Waals surface area (Å²) in [7, 11) is 0. The molecule has 0 bridgehead atoms. The van der Waals surface area contributed by atoms with Crippen LogP contribution in [-0.4, -0.2) is 6.54 Å². The molecule has 0 saturated heterocycles. The lowest BCUT2D eigenvalue weighted by molar-refractivity contribution is 0.537. The van der Waals surface area contributed by atoms with Crippen molar-refractivity contribution in [2.75, 3.05) is 6.54 Å². The van der Waals surface area contributed by atoms with E-state index in [9.17, 15) is 4.39 Å². The van der Waals surface area contributed by atoms with Gasteiger partial charge in [0.1, 0.15) is 5.82 Å². The minimum atomic E-state index is -0.150. The van der Waals surface area contributed by atoms with Crippen LogP contribution in [0.1, 0.15) is 28.2 Å². The Bertz CT molecular complexity index is 592. The van der Waals surface area contributed by atoms with E-state index in [1.54, 1.807) is 12.1 Å². The van der Waals surface area contributed by atoms with Gasteiger partial charge >= 0.3 is 0 Å². The van der Waals surface area contributed by atoms with Gasteiger partial charge in [-0.1, -0.05) is 30.3 Å². The van der Waals surface area contributed by atoms with Crippen molar-refractivity contribution in [1.82, 2.24) is 5.32 Å². The van der Waals surface area contributed by atoms with Gasteiger partial charge in [-0.05, 0) is 47.7 Å². The second-order valence-electron chi connectivity index (χ2n) is 5.30. The zero-order valence-electron chi connectivity index (χ0n) is 11.1. The molecular formula is C17H18FN. The summed E-state index contributed by atoms with van der Waals surface area (Å²) < 4.78 is 13.2. The molecule has 1 heterocycles. The summed E-state index contributed by atoms with van der Waals surface area (Å²) in [6.45, 7) is 3.93. The third-order valence-corrected chi connectivity index (χ3v) is 3.97. The van der Waals surface area contributed by atoms with Crippen LogP contribution in [0, 0.1) is 12.7 Å². The van der Waals surface area contributed by atoms with Crippen molar-refractivity contribution < 1.29 is 4.39 Å². The highest BCUT2D eigenvalue weighted by Gasteiger charge is 2.20. The molecule has 0 fully saturated rings. The van der Waals surface area contributed by atoms with E-state index in [1.807, 2.05) is 13.0 Å². The van der Waals surface area contributed by atoms with E-state index in [1.165, 1.54) is 16.7 Å². The summed E-state index contributed by atoms with van der Waals surface area (Å²) in [4.78, 5) is 0. The van der Waals surface area contributed by atoms with Gasteiger partial charge in [-0.2, -0.15) is 0 Å². The minimum absolute atomic E-state index is 0.150. The second-order valence-corrected chi connectivity index (χ2v) is 5.30. The SMILES string of the molecule is Cc1cc(F)ccc1CC1CNCc2ccccc21. The number of nitrogens with one attached hydrogen (secondary N) is 1. The quantitative estimate of drug-likeness (QED) is 0.865. The van der Waals surface area contributed by atoms with Crippen molar-refractivity contribution >= 4 is 0 Å². The van der Waals surface area contributed by atoms with E-state index < -0.39 is 0 Å². The van der Waals surface area contributed by atoms with E-state index in [2.05, 4.69) is 29.6 Å². The van der Waals surface area contributed by atoms with Crippen LogP contribution in [-0.2, 0) is 13.0 Å². The largest absolute Gasteiger partial charge is 0.312 e. The summed E-state index contributed by atoms with van der Waals surface area (Å²) in [6.07, 6.45) is 0.968. The van der Waals surface area contributed by atoms with Gasteiger partial charge in [-0.3, -0.25) is 0 Å². The topological polar surface area (TPSA) is 12.0 Å². The lowest BCUT2D eigenvalue weighted by Crippen LogP contribution is -2.29. The Morgan fingerprint density at radius 1 is 1.21 bits per heavy atom. The van der Waals surface area contributed by atoms with Gasteiger partial charge in [0, 0.05) is 19.0 Å². The molecule has 19 heavy (non-hydrogen) atoms. The van der Waals surface area contributed by atoms with Crippen LogP contribution in [0.25, 0.3) is 0 Å². The van der Waals surface area contributed by atoms with Crippen LogP contribution in [0.4, 0.5) is 4.39 Å². The van der Waals surface area contributed by atoms with Gasteiger partial charge in [-0.25, -0.2) is 4.39 Å². The van der Waals surface area contributed by atoms with E-state index >= 15 is 0 Å². The predicted octanol–water partition coefficient (Wildman–Crippen LogP) is 3.56. The minimum Gasteiger partial charge on any atom is -0.312 e. The summed E-state index contributed by atoms with van der Waals surface area (Å²) in [5, 5.41) is 3.47. The predicted molar refractivity (Wildman–Crippen MR) is 75.7 cm³/mol. The molecule has 1 nitrogen and oxygen atoms in total. The van der Waals surface area contributed by atoms with Gasteiger partial charge in [0.05, 0.1) is 0 Å². The number of fused-ring (bicyclic) bond motifs is 1. The maximum absolute atomic E-state index is 13.2. The zero-order chi connectivity index (χ0) is 13.2. The van der Waals surface area contributed by atoms with Crippen LogP contribution in [0.2, 0.25) is 0 Å². The van der Waals surface area contributed by atoms with Gasteiger partial charge < -0.3 is 5.32 Å². The van der Waals surface area contributed by atoms with Crippen molar-refractivity contribution in [3.8, 4) is 0 Å². The Balaban J connectivity index is 1.88. The molecule has 3 rings (SSSR count). The molecule has 0 radical (unpaired) electrons. The molecule has 0 saturated carbocycles. The van der Waals surface area contributed by atoms with Crippen molar-refractivity contribution in [1.29, 1.82) is 0 Å². The first-order chi connectivity index (χ1) is 9.24. The fraction of sp³-hybridized carbons (Fsp3) is 0.294. The summed E-state index contributed by atoms with van der Waals surface area (Å²) in [5.41, 5.74) is 5.11. The molecule has 1 atom stereocenters. The van der Waals surface area contributed by atoms with Crippen LogP contribution in [0.15, 0.2) is 42.5 Å². The summed E-state index contributed by atoms with van der Waals surface area (Å²) in [5.74, 6) is 0.331. The number of halogens is 1. The van der Waals surface area contributed by atoms with Crippen LogP contribution in [0.5, 0.6) is 0 Å². The first-order valence-electron chi connectivity index (χ1n) is 6.77. The first-order valence-corrected chi connectivity index (χ1v) is 6.77. The van der Waals surface area contributed by atoms with Crippen LogP contribution < -0.4 is 5.32 Å². The second kappa shape index (κ2) is 5.14. The van der Waals surface area contributed by atoms with Gasteiger partial charge in [0.2, 0.25) is 0 Å². The number of benzene rings is 2. The average Bonchev–Trinajstić information content (AvgIpc) is 2.42. The maximum Gasteiger partial charge on any atom is 0.123 e. The molecule has 2 aromatic carbocycles. The van der Waals surface area contributed by atoms with Crippen molar-refractivity contribution in [2.24, 2.45) is 0 Å². The van der Waals surface area contributed by atoms with Crippen LogP contribution >= 0.6 is 0 Å². The van der Waals surface area contributed by atoms with E-state index in [4.69, 9.17) is 0 Å². The van der Waals surface area contributed by atoms with E-state index in [-0.39, 0.29) is 5.82 Å². The summed E-state index contributed by atoms with van der Waals surface area (Å²) in [6, 6.07) is 13.7. The molecule has 0 spiro atoms. The molecule has 1 unspecified atom stereocenters. The van der Waals surface area contributed by atoms with E-state index in [0.29, 0.717) is 5.92 Å². The lowest BCUT2D eigenvalue weighted by atomic mass is 9.85. The Morgan fingerprint density at radius 2 is 2.05 bits per heavy atom. The zero-order valence-corrected chi connectivity index (χ0v) is 11.1. The molecular weight excluding hydrogens is 237 g/mol. The summed E-state index contributed by atoms with van der Waals surface area (Å²) >= 11 is 0. The number of hydrogen-bond acceptors (Lipinski definition) is 1. The molecule has 2 aromatic rings. The number of hydrogen-bond donors (Lipinski definition) is 1. The average molecular weight is 255 g/mol. The highest BCUT2D eigenvalue weighted by molar-refractivity contribution is 5.36. The normalized spacial score (nSPS) is 18.1. The molecule has 2 heteroatoms. The molecule has 0 aliphatic carbocycles. The maximum atomic E-state index is 13.2. The molecule has 1 N–H and O–H groups in total. The molecule has 1 aliphatic rings. The Hall–Kier alpha value is -1.67. The Morgan fingerprint density at radius 3 is 2.89 bits per heavy atom. The molecule has 1 aliphatic heterocycles. The third kappa shape index (κ3) is 2.54. The number of rotatable bonds is 2. The smallest absolute Gasteiger partial charge is 0.123 e.